The van der Waals surface area contributed by atoms with Crippen LogP contribution in [0.3, 0.4) is 0 Å². The Balaban J connectivity index is 2.43. The highest BCUT2D eigenvalue weighted by Crippen LogP contribution is 2.16. The van der Waals surface area contributed by atoms with Gasteiger partial charge in [0.15, 0.2) is 0 Å². The van der Waals surface area contributed by atoms with Crippen molar-refractivity contribution in [1.29, 1.82) is 0 Å². The smallest absolute Gasteiger partial charge is 0.0752 e. The predicted octanol–water partition coefficient (Wildman–Crippen LogP) is 1.26. The van der Waals surface area contributed by atoms with E-state index in [-0.39, 0.29) is 11.7 Å². The molecule has 3 heteroatoms. The summed E-state index contributed by atoms with van der Waals surface area (Å²) in [6, 6.07) is 0. The zero-order valence-corrected chi connectivity index (χ0v) is 9.62. The zero-order valence-electron chi connectivity index (χ0n) is 9.62. The number of aliphatic hydroxyl groups excluding tert-OH is 1. The van der Waals surface area contributed by atoms with E-state index >= 15 is 0 Å². The van der Waals surface area contributed by atoms with E-state index < -0.39 is 0 Å². The third-order valence-corrected chi connectivity index (χ3v) is 2.66. The fourth-order valence-corrected chi connectivity index (χ4v) is 1.88. The minimum Gasteiger partial charge on any atom is -0.392 e. The largest absolute Gasteiger partial charge is 0.392 e. The number of β-amino-alcohol motifs (C(OH)–C–C–N with tert-alkyl or cyclic N) is 1. The van der Waals surface area contributed by atoms with E-state index in [1.54, 1.807) is 0 Å². The van der Waals surface area contributed by atoms with Crippen molar-refractivity contribution in [1.82, 2.24) is 4.90 Å². The Morgan fingerprint density at radius 2 is 2.21 bits per heavy atom. The van der Waals surface area contributed by atoms with Gasteiger partial charge in [0.1, 0.15) is 0 Å². The van der Waals surface area contributed by atoms with Gasteiger partial charge in [-0.05, 0) is 26.7 Å². The van der Waals surface area contributed by atoms with Gasteiger partial charge in [0.25, 0.3) is 0 Å². The molecule has 0 bridgehead atoms. The highest BCUT2D eigenvalue weighted by atomic mass is 16.5. The monoisotopic (exact) mass is 201 g/mol. The average Bonchev–Trinajstić information content (AvgIpc) is 2.26. The number of hydrogen-bond donors (Lipinski definition) is 1. The molecule has 0 aliphatic carbocycles. The second kappa shape index (κ2) is 5.10. The lowest BCUT2D eigenvalue weighted by molar-refractivity contribution is -0.0216. The lowest BCUT2D eigenvalue weighted by atomic mass is 10.1. The maximum Gasteiger partial charge on any atom is 0.0752 e. The third-order valence-electron chi connectivity index (χ3n) is 2.66. The summed E-state index contributed by atoms with van der Waals surface area (Å²) in [7, 11) is 0. The molecule has 1 saturated heterocycles. The number of ether oxygens (including phenoxy) is 1. The molecule has 0 aromatic rings. The Kier molecular flexibility index (Phi) is 4.35. The van der Waals surface area contributed by atoms with Gasteiger partial charge in [-0.25, -0.2) is 0 Å². The Morgan fingerprint density at radius 3 is 2.86 bits per heavy atom. The van der Waals surface area contributed by atoms with Gasteiger partial charge in [-0.15, -0.1) is 0 Å². The summed E-state index contributed by atoms with van der Waals surface area (Å²) < 4.78 is 5.71. The quantitative estimate of drug-likeness (QED) is 0.746. The molecule has 0 amide bonds. The molecule has 1 aliphatic rings. The van der Waals surface area contributed by atoms with Crippen LogP contribution in [0.2, 0.25) is 0 Å². The molecule has 0 aromatic heterocycles. The van der Waals surface area contributed by atoms with Crippen LogP contribution in [0.4, 0.5) is 0 Å². The molecular weight excluding hydrogens is 178 g/mol. The number of hydrogen-bond acceptors (Lipinski definition) is 3. The van der Waals surface area contributed by atoms with Crippen molar-refractivity contribution in [3.63, 3.8) is 0 Å². The van der Waals surface area contributed by atoms with Crippen molar-refractivity contribution in [3.8, 4) is 0 Å². The second-order valence-corrected chi connectivity index (χ2v) is 4.76. The molecule has 84 valence electrons. The SMILES string of the molecule is CC[C@@H](O)CN1CCCOC(C)(C)C1. The van der Waals surface area contributed by atoms with Gasteiger partial charge in [-0.3, -0.25) is 4.90 Å². The first-order valence-electron chi connectivity index (χ1n) is 5.58. The molecule has 1 aliphatic heterocycles. The summed E-state index contributed by atoms with van der Waals surface area (Å²) in [5.41, 5.74) is -0.0655. The van der Waals surface area contributed by atoms with Gasteiger partial charge < -0.3 is 9.84 Å². The molecule has 1 N–H and O–H groups in total. The van der Waals surface area contributed by atoms with Crippen LogP contribution in [0.15, 0.2) is 0 Å². The average molecular weight is 201 g/mol. The molecule has 1 rings (SSSR count). The van der Waals surface area contributed by atoms with Crippen LogP contribution in [0, 0.1) is 0 Å². The molecular formula is C11H23NO2. The van der Waals surface area contributed by atoms with Crippen molar-refractivity contribution in [2.45, 2.75) is 45.3 Å². The standard InChI is InChI=1S/C11H23NO2/c1-4-10(13)8-12-6-5-7-14-11(2,3)9-12/h10,13H,4-9H2,1-3H3/t10-/m1/s1. The Bertz CT molecular complexity index is 171. The summed E-state index contributed by atoms with van der Waals surface area (Å²) in [6.07, 6.45) is 1.71. The summed E-state index contributed by atoms with van der Waals surface area (Å²) >= 11 is 0. The Labute approximate surface area is 87.1 Å². The molecule has 1 atom stereocenters. The molecule has 1 heterocycles. The molecule has 0 aromatic carbocycles. The van der Waals surface area contributed by atoms with E-state index in [1.165, 1.54) is 0 Å². The highest BCUT2D eigenvalue weighted by molar-refractivity contribution is 4.78. The van der Waals surface area contributed by atoms with E-state index in [0.29, 0.717) is 0 Å². The highest BCUT2D eigenvalue weighted by Gasteiger charge is 2.25. The number of nitrogens with zero attached hydrogens (tertiary/aromatic N) is 1. The first-order valence-corrected chi connectivity index (χ1v) is 5.58. The van der Waals surface area contributed by atoms with E-state index in [1.807, 2.05) is 6.92 Å². The zero-order chi connectivity index (χ0) is 10.6. The Hall–Kier alpha value is -0.120. The Morgan fingerprint density at radius 1 is 1.50 bits per heavy atom. The fourth-order valence-electron chi connectivity index (χ4n) is 1.88. The second-order valence-electron chi connectivity index (χ2n) is 4.76. The van der Waals surface area contributed by atoms with Gasteiger partial charge in [0.2, 0.25) is 0 Å². The first-order chi connectivity index (χ1) is 6.53. The van der Waals surface area contributed by atoms with Crippen LogP contribution in [-0.2, 0) is 4.74 Å². The number of rotatable bonds is 3. The maximum atomic E-state index is 9.59. The van der Waals surface area contributed by atoms with Gasteiger partial charge >= 0.3 is 0 Å². The third kappa shape index (κ3) is 3.95. The lowest BCUT2D eigenvalue weighted by Gasteiger charge is -2.30. The minimum absolute atomic E-state index is 0.0655. The summed E-state index contributed by atoms with van der Waals surface area (Å²) in [5, 5.41) is 9.59. The van der Waals surface area contributed by atoms with Crippen LogP contribution < -0.4 is 0 Å². The summed E-state index contributed by atoms with van der Waals surface area (Å²) in [5.74, 6) is 0. The van der Waals surface area contributed by atoms with Gasteiger partial charge in [-0.1, -0.05) is 6.92 Å². The molecule has 0 radical (unpaired) electrons. The normalized spacial score (nSPS) is 25.7. The van der Waals surface area contributed by atoms with E-state index in [9.17, 15) is 5.11 Å². The van der Waals surface area contributed by atoms with Crippen molar-refractivity contribution < 1.29 is 9.84 Å². The fraction of sp³-hybridized carbons (Fsp3) is 1.00. The predicted molar refractivity (Wildman–Crippen MR) is 57.4 cm³/mol. The molecule has 0 unspecified atom stereocenters. The van der Waals surface area contributed by atoms with Crippen LogP contribution >= 0.6 is 0 Å². The van der Waals surface area contributed by atoms with Crippen LogP contribution in [0.25, 0.3) is 0 Å². The molecule has 0 saturated carbocycles. The van der Waals surface area contributed by atoms with Crippen LogP contribution in [-0.4, -0.2) is 48.0 Å². The summed E-state index contributed by atoms with van der Waals surface area (Å²) in [4.78, 5) is 2.31. The maximum absolute atomic E-state index is 9.59. The topological polar surface area (TPSA) is 32.7 Å². The van der Waals surface area contributed by atoms with Crippen molar-refractivity contribution in [2.24, 2.45) is 0 Å². The van der Waals surface area contributed by atoms with E-state index in [2.05, 4.69) is 18.7 Å². The molecule has 1 fully saturated rings. The van der Waals surface area contributed by atoms with Crippen LogP contribution in [0.5, 0.6) is 0 Å². The van der Waals surface area contributed by atoms with E-state index in [4.69, 9.17) is 4.74 Å². The van der Waals surface area contributed by atoms with E-state index in [0.717, 1.165) is 39.1 Å². The van der Waals surface area contributed by atoms with Crippen LogP contribution in [0.1, 0.15) is 33.6 Å². The molecule has 14 heavy (non-hydrogen) atoms. The first kappa shape index (κ1) is 12.0. The number of aliphatic hydroxyl groups is 1. The van der Waals surface area contributed by atoms with Gasteiger partial charge in [-0.2, -0.15) is 0 Å². The van der Waals surface area contributed by atoms with Crippen molar-refractivity contribution >= 4 is 0 Å². The minimum atomic E-state index is -0.191. The molecule has 0 spiro atoms. The van der Waals surface area contributed by atoms with Crippen molar-refractivity contribution in [3.05, 3.63) is 0 Å². The molecule has 3 nitrogen and oxygen atoms in total. The summed E-state index contributed by atoms with van der Waals surface area (Å²) in [6.45, 7) is 9.83. The van der Waals surface area contributed by atoms with Crippen molar-refractivity contribution in [2.75, 3.05) is 26.2 Å². The lowest BCUT2D eigenvalue weighted by Crippen LogP contribution is -2.41. The van der Waals surface area contributed by atoms with Gasteiger partial charge in [0, 0.05) is 26.2 Å². The van der Waals surface area contributed by atoms with Gasteiger partial charge in [0.05, 0.1) is 11.7 Å².